The van der Waals surface area contributed by atoms with Gasteiger partial charge in [-0.3, -0.25) is 0 Å². The van der Waals surface area contributed by atoms with Crippen molar-refractivity contribution < 1.29 is 10.2 Å². The third kappa shape index (κ3) is 2.72. The summed E-state index contributed by atoms with van der Waals surface area (Å²) in [6.45, 7) is 4.01. The summed E-state index contributed by atoms with van der Waals surface area (Å²) < 4.78 is 0. The molecule has 92 valence electrons. The van der Waals surface area contributed by atoms with Crippen LogP contribution in [0.15, 0.2) is 42.5 Å². The highest BCUT2D eigenvalue weighted by Gasteiger charge is 2.02. The van der Waals surface area contributed by atoms with Gasteiger partial charge in [0.05, 0.1) is 0 Å². The van der Waals surface area contributed by atoms with Gasteiger partial charge in [-0.25, -0.2) is 0 Å². The second-order valence-corrected chi connectivity index (χ2v) is 4.42. The van der Waals surface area contributed by atoms with Crippen LogP contribution in [0.3, 0.4) is 0 Å². The monoisotopic (exact) mass is 240 g/mol. The molecule has 0 aliphatic carbocycles. The molecular weight excluding hydrogens is 224 g/mol. The van der Waals surface area contributed by atoms with Crippen molar-refractivity contribution in [2.75, 3.05) is 0 Å². The van der Waals surface area contributed by atoms with Gasteiger partial charge >= 0.3 is 0 Å². The summed E-state index contributed by atoms with van der Waals surface area (Å²) in [5, 5.41) is 18.6. The fraction of sp³-hybridized carbons (Fsp3) is 0.125. The second kappa shape index (κ2) is 4.96. The summed E-state index contributed by atoms with van der Waals surface area (Å²) in [6.07, 6.45) is 2.05. The third-order valence-corrected chi connectivity index (χ3v) is 2.91. The number of hydrogen-bond donors (Lipinski definition) is 2. The van der Waals surface area contributed by atoms with Crippen molar-refractivity contribution in [2.45, 2.75) is 13.8 Å². The van der Waals surface area contributed by atoms with Gasteiger partial charge in [-0.05, 0) is 60.4 Å². The summed E-state index contributed by atoms with van der Waals surface area (Å²) in [5.74, 6) is 0.555. The number of aryl methyl sites for hydroxylation is 1. The molecule has 0 spiro atoms. The Morgan fingerprint density at radius 2 is 1.56 bits per heavy atom. The lowest BCUT2D eigenvalue weighted by Crippen LogP contribution is -1.85. The van der Waals surface area contributed by atoms with Gasteiger partial charge in [0.1, 0.15) is 11.5 Å². The van der Waals surface area contributed by atoms with Crippen molar-refractivity contribution in [3.05, 3.63) is 59.2 Å². The Balaban J connectivity index is 2.35. The Bertz CT molecular complexity index is 581. The van der Waals surface area contributed by atoms with Crippen molar-refractivity contribution in [3.63, 3.8) is 0 Å². The van der Waals surface area contributed by atoms with E-state index in [0.29, 0.717) is 0 Å². The highest BCUT2D eigenvalue weighted by atomic mass is 16.3. The molecule has 2 aromatic rings. The maximum Gasteiger partial charge on any atom is 0.115 e. The molecule has 18 heavy (non-hydrogen) atoms. The molecule has 0 aliphatic rings. The van der Waals surface area contributed by atoms with Crippen molar-refractivity contribution in [3.8, 4) is 11.5 Å². The van der Waals surface area contributed by atoms with Gasteiger partial charge in [0.25, 0.3) is 0 Å². The van der Waals surface area contributed by atoms with Crippen LogP contribution in [0.5, 0.6) is 11.5 Å². The molecule has 0 amide bonds. The lowest BCUT2D eigenvalue weighted by atomic mass is 9.99. The average Bonchev–Trinajstić information content (AvgIpc) is 2.32. The molecule has 0 radical (unpaired) electrons. The van der Waals surface area contributed by atoms with Gasteiger partial charge in [-0.1, -0.05) is 24.3 Å². The van der Waals surface area contributed by atoms with Gasteiger partial charge in [-0.2, -0.15) is 0 Å². The quantitative estimate of drug-likeness (QED) is 0.780. The summed E-state index contributed by atoms with van der Waals surface area (Å²) in [7, 11) is 0. The van der Waals surface area contributed by atoms with Gasteiger partial charge in [0.15, 0.2) is 0 Å². The van der Waals surface area contributed by atoms with Gasteiger partial charge in [0, 0.05) is 0 Å². The topological polar surface area (TPSA) is 40.5 Å². The van der Waals surface area contributed by atoms with Gasteiger partial charge in [0.2, 0.25) is 0 Å². The summed E-state index contributed by atoms with van der Waals surface area (Å²) >= 11 is 0. The summed E-state index contributed by atoms with van der Waals surface area (Å²) in [6, 6.07) is 12.4. The third-order valence-electron chi connectivity index (χ3n) is 2.91. The van der Waals surface area contributed by atoms with Crippen LogP contribution >= 0.6 is 0 Å². The average molecular weight is 240 g/mol. The predicted molar refractivity (Wildman–Crippen MR) is 74.5 cm³/mol. The molecule has 0 unspecified atom stereocenters. The van der Waals surface area contributed by atoms with Crippen LogP contribution in [-0.2, 0) is 0 Å². The smallest absolute Gasteiger partial charge is 0.115 e. The van der Waals surface area contributed by atoms with E-state index >= 15 is 0 Å². The molecule has 0 fully saturated rings. The van der Waals surface area contributed by atoms with E-state index in [1.54, 1.807) is 24.3 Å². The Hall–Kier alpha value is -2.22. The molecule has 2 aromatic carbocycles. The number of phenols is 2. The molecule has 0 aromatic heterocycles. The molecular formula is C16H16O2. The van der Waals surface area contributed by atoms with Crippen LogP contribution in [0.2, 0.25) is 0 Å². The summed E-state index contributed by atoms with van der Waals surface area (Å²) in [4.78, 5) is 0. The molecule has 0 atom stereocenters. The van der Waals surface area contributed by atoms with E-state index in [1.807, 2.05) is 32.0 Å². The van der Waals surface area contributed by atoms with Crippen LogP contribution in [0.4, 0.5) is 0 Å². The first-order chi connectivity index (χ1) is 8.56. The van der Waals surface area contributed by atoms with Crippen molar-refractivity contribution >= 4 is 11.6 Å². The molecule has 0 bridgehead atoms. The lowest BCUT2D eigenvalue weighted by Gasteiger charge is -2.07. The van der Waals surface area contributed by atoms with Crippen LogP contribution in [0, 0.1) is 6.92 Å². The highest BCUT2D eigenvalue weighted by Crippen LogP contribution is 2.24. The first kappa shape index (κ1) is 12.2. The number of benzene rings is 2. The number of allylic oxidation sites excluding steroid dienone is 1. The normalized spacial score (nSPS) is 11.6. The zero-order valence-corrected chi connectivity index (χ0v) is 10.5. The molecule has 2 nitrogen and oxygen atoms in total. The van der Waals surface area contributed by atoms with Crippen LogP contribution in [0.25, 0.3) is 11.6 Å². The summed E-state index contributed by atoms with van der Waals surface area (Å²) in [5.41, 5.74) is 4.32. The van der Waals surface area contributed by atoms with Crippen molar-refractivity contribution in [1.82, 2.24) is 0 Å². The fourth-order valence-electron chi connectivity index (χ4n) is 1.99. The van der Waals surface area contributed by atoms with E-state index < -0.39 is 0 Å². The molecule has 2 N–H and O–H groups in total. The molecule has 2 heteroatoms. The van der Waals surface area contributed by atoms with E-state index in [-0.39, 0.29) is 11.5 Å². The Labute approximate surface area is 107 Å². The first-order valence-corrected chi connectivity index (χ1v) is 5.83. The predicted octanol–water partition coefficient (Wildman–Crippen LogP) is 3.97. The zero-order chi connectivity index (χ0) is 13.1. The van der Waals surface area contributed by atoms with E-state index in [1.165, 1.54) is 0 Å². The van der Waals surface area contributed by atoms with E-state index in [2.05, 4.69) is 6.08 Å². The van der Waals surface area contributed by atoms with Gasteiger partial charge in [-0.15, -0.1) is 0 Å². The minimum absolute atomic E-state index is 0.269. The van der Waals surface area contributed by atoms with Crippen molar-refractivity contribution in [1.29, 1.82) is 0 Å². The number of hydrogen-bond acceptors (Lipinski definition) is 2. The second-order valence-electron chi connectivity index (χ2n) is 4.42. The van der Waals surface area contributed by atoms with Crippen LogP contribution < -0.4 is 0 Å². The molecule has 0 aliphatic heterocycles. The number of aromatic hydroxyl groups is 2. The number of phenolic OH excluding ortho intramolecular Hbond substituents is 2. The Morgan fingerprint density at radius 3 is 2.17 bits per heavy atom. The van der Waals surface area contributed by atoms with Crippen molar-refractivity contribution in [2.24, 2.45) is 0 Å². The molecule has 0 saturated carbocycles. The minimum Gasteiger partial charge on any atom is -0.508 e. The lowest BCUT2D eigenvalue weighted by molar-refractivity contribution is 0.474. The maximum atomic E-state index is 9.39. The SMILES string of the molecule is C/C(=C/c1ccc(O)cc1)c1ccc(O)cc1C. The van der Waals surface area contributed by atoms with E-state index in [4.69, 9.17) is 0 Å². The van der Waals surface area contributed by atoms with E-state index in [9.17, 15) is 10.2 Å². The first-order valence-electron chi connectivity index (χ1n) is 5.83. The zero-order valence-electron chi connectivity index (χ0n) is 10.5. The van der Waals surface area contributed by atoms with E-state index in [0.717, 1.165) is 22.3 Å². The molecule has 0 heterocycles. The fourth-order valence-corrected chi connectivity index (χ4v) is 1.99. The Kier molecular flexibility index (Phi) is 3.38. The molecule has 0 saturated heterocycles. The molecule has 2 rings (SSSR count). The van der Waals surface area contributed by atoms with Crippen LogP contribution in [-0.4, -0.2) is 10.2 Å². The largest absolute Gasteiger partial charge is 0.508 e. The number of rotatable bonds is 2. The highest BCUT2D eigenvalue weighted by molar-refractivity contribution is 5.81. The maximum absolute atomic E-state index is 9.39. The minimum atomic E-state index is 0.269. The standard InChI is InChI=1S/C16H16O2/c1-11(9-13-3-5-14(17)6-4-13)16-8-7-15(18)10-12(16)2/h3-10,17-18H,1-2H3/b11-9-. The Morgan fingerprint density at radius 1 is 0.944 bits per heavy atom. The van der Waals surface area contributed by atoms with Gasteiger partial charge < -0.3 is 10.2 Å². The van der Waals surface area contributed by atoms with Crippen LogP contribution in [0.1, 0.15) is 23.6 Å².